The zero-order chi connectivity index (χ0) is 12.3. The van der Waals surface area contributed by atoms with E-state index in [9.17, 15) is 0 Å². The van der Waals surface area contributed by atoms with Crippen LogP contribution >= 0.6 is 15.9 Å². The Morgan fingerprint density at radius 2 is 2.12 bits per heavy atom. The van der Waals surface area contributed by atoms with Crippen molar-refractivity contribution in [2.24, 2.45) is 0 Å². The maximum absolute atomic E-state index is 4.25. The molecule has 0 radical (unpaired) electrons. The van der Waals surface area contributed by atoms with Gasteiger partial charge in [0.1, 0.15) is 5.82 Å². The molecule has 0 aliphatic carbocycles. The normalized spacial score (nSPS) is 12.6. The number of hydrogen-bond donors (Lipinski definition) is 1. The average molecular weight is 293 g/mol. The summed E-state index contributed by atoms with van der Waals surface area (Å²) >= 11 is 3.73. The van der Waals surface area contributed by atoms with E-state index in [1.807, 2.05) is 6.20 Å². The Kier molecular flexibility index (Phi) is 4.00. The molecule has 0 saturated heterocycles. The van der Waals surface area contributed by atoms with Crippen LogP contribution in [0.1, 0.15) is 22.5 Å². The summed E-state index contributed by atoms with van der Waals surface area (Å²) in [5.41, 5.74) is 4.10. The smallest absolute Gasteiger partial charge is 0.107 e. The lowest BCUT2D eigenvalue weighted by Crippen LogP contribution is -2.09. The molecule has 1 unspecified atom stereocenters. The molecule has 3 heteroatoms. The van der Waals surface area contributed by atoms with Gasteiger partial charge in [-0.15, -0.1) is 0 Å². The van der Waals surface area contributed by atoms with Crippen LogP contribution in [-0.2, 0) is 12.8 Å². The molecule has 0 amide bonds. The van der Waals surface area contributed by atoms with Crippen molar-refractivity contribution < 1.29 is 0 Å². The molecule has 0 spiro atoms. The van der Waals surface area contributed by atoms with E-state index in [2.05, 4.69) is 57.9 Å². The van der Waals surface area contributed by atoms with Crippen LogP contribution in [0, 0.1) is 13.8 Å². The molecule has 0 bridgehead atoms. The van der Waals surface area contributed by atoms with E-state index in [-0.39, 0.29) is 0 Å². The number of halogens is 1. The number of imidazole rings is 1. The number of aromatic amines is 1. The minimum atomic E-state index is 0.425. The number of benzene rings is 1. The van der Waals surface area contributed by atoms with E-state index in [1.54, 1.807) is 6.20 Å². The predicted octanol–water partition coefficient (Wildman–Crippen LogP) is 3.58. The fourth-order valence-corrected chi connectivity index (χ4v) is 2.61. The highest BCUT2D eigenvalue weighted by atomic mass is 79.9. The van der Waals surface area contributed by atoms with E-state index in [1.165, 1.54) is 16.7 Å². The van der Waals surface area contributed by atoms with Crippen LogP contribution in [0.3, 0.4) is 0 Å². The molecular weight excluding hydrogens is 276 g/mol. The summed E-state index contributed by atoms with van der Waals surface area (Å²) in [6, 6.07) is 6.62. The minimum absolute atomic E-state index is 0.425. The van der Waals surface area contributed by atoms with Crippen molar-refractivity contribution in [3.05, 3.63) is 53.1 Å². The number of nitrogens with zero attached hydrogens (tertiary/aromatic N) is 1. The van der Waals surface area contributed by atoms with Gasteiger partial charge in [-0.3, -0.25) is 0 Å². The first-order chi connectivity index (χ1) is 8.15. The van der Waals surface area contributed by atoms with Gasteiger partial charge in [0.25, 0.3) is 0 Å². The van der Waals surface area contributed by atoms with Crippen LogP contribution in [0.4, 0.5) is 0 Å². The second-order valence-corrected chi connectivity index (χ2v) is 5.77. The molecule has 0 fully saturated rings. The molecular formula is C14H17BrN2. The molecule has 0 aliphatic rings. The molecule has 0 aliphatic heterocycles. The van der Waals surface area contributed by atoms with Crippen LogP contribution in [0.2, 0.25) is 0 Å². The molecule has 2 aromatic rings. The van der Waals surface area contributed by atoms with Gasteiger partial charge in [0, 0.05) is 23.6 Å². The highest BCUT2D eigenvalue weighted by Gasteiger charge is 2.10. The molecule has 1 aromatic heterocycles. The quantitative estimate of drug-likeness (QED) is 0.858. The number of hydrogen-bond acceptors (Lipinski definition) is 1. The van der Waals surface area contributed by atoms with Crippen LogP contribution in [-0.4, -0.2) is 14.8 Å². The van der Waals surface area contributed by atoms with E-state index in [0.29, 0.717) is 4.83 Å². The monoisotopic (exact) mass is 292 g/mol. The minimum Gasteiger partial charge on any atom is -0.349 e. The number of aryl methyl sites for hydroxylation is 2. The highest BCUT2D eigenvalue weighted by molar-refractivity contribution is 9.09. The van der Waals surface area contributed by atoms with Crippen molar-refractivity contribution >= 4 is 15.9 Å². The number of aromatic nitrogens is 2. The van der Waals surface area contributed by atoms with Crippen LogP contribution in [0.15, 0.2) is 30.6 Å². The number of rotatable bonds is 4. The molecule has 2 nitrogen and oxygen atoms in total. The highest BCUT2D eigenvalue weighted by Crippen LogP contribution is 2.18. The van der Waals surface area contributed by atoms with E-state index in [4.69, 9.17) is 0 Å². The number of H-pyrrole nitrogens is 1. The molecule has 17 heavy (non-hydrogen) atoms. The van der Waals surface area contributed by atoms with Gasteiger partial charge in [0.2, 0.25) is 0 Å². The summed E-state index contributed by atoms with van der Waals surface area (Å²) in [4.78, 5) is 7.82. The standard InChI is InChI=1S/C14H17BrN2/c1-10-3-4-11(2)12(7-10)8-13(15)9-14-16-5-6-17-14/h3-7,13H,8-9H2,1-2H3,(H,16,17). The van der Waals surface area contributed by atoms with Crippen molar-refractivity contribution in [2.45, 2.75) is 31.5 Å². The van der Waals surface area contributed by atoms with Crippen molar-refractivity contribution in [3.63, 3.8) is 0 Å². The molecule has 1 atom stereocenters. The zero-order valence-electron chi connectivity index (χ0n) is 10.2. The third-order valence-corrected chi connectivity index (χ3v) is 3.56. The fourth-order valence-electron chi connectivity index (χ4n) is 1.95. The second-order valence-electron chi connectivity index (χ2n) is 4.47. The molecule has 1 N–H and O–H groups in total. The van der Waals surface area contributed by atoms with E-state index >= 15 is 0 Å². The average Bonchev–Trinajstić information content (AvgIpc) is 2.76. The molecule has 0 saturated carbocycles. The summed E-state index contributed by atoms with van der Waals surface area (Å²) in [5, 5.41) is 0. The topological polar surface area (TPSA) is 28.7 Å². The Hall–Kier alpha value is -1.09. The maximum atomic E-state index is 4.25. The van der Waals surface area contributed by atoms with Crippen LogP contribution < -0.4 is 0 Å². The Morgan fingerprint density at radius 1 is 1.29 bits per heavy atom. The molecule has 1 heterocycles. The maximum Gasteiger partial charge on any atom is 0.107 e. The first-order valence-corrected chi connectivity index (χ1v) is 6.75. The Morgan fingerprint density at radius 3 is 2.82 bits per heavy atom. The summed E-state index contributed by atoms with van der Waals surface area (Å²) in [6.07, 6.45) is 5.63. The van der Waals surface area contributed by atoms with Gasteiger partial charge in [-0.05, 0) is 31.4 Å². The van der Waals surface area contributed by atoms with E-state index in [0.717, 1.165) is 18.7 Å². The third-order valence-electron chi connectivity index (χ3n) is 2.92. The van der Waals surface area contributed by atoms with Crippen LogP contribution in [0.25, 0.3) is 0 Å². The van der Waals surface area contributed by atoms with E-state index < -0.39 is 0 Å². The van der Waals surface area contributed by atoms with Gasteiger partial charge in [0.15, 0.2) is 0 Å². The van der Waals surface area contributed by atoms with Gasteiger partial charge in [-0.1, -0.05) is 39.7 Å². The lowest BCUT2D eigenvalue weighted by Gasteiger charge is -2.11. The first-order valence-electron chi connectivity index (χ1n) is 5.83. The second kappa shape index (κ2) is 5.50. The summed E-state index contributed by atoms with van der Waals surface area (Å²) in [6.45, 7) is 4.31. The summed E-state index contributed by atoms with van der Waals surface area (Å²) < 4.78 is 0. The van der Waals surface area contributed by atoms with Gasteiger partial charge >= 0.3 is 0 Å². The Balaban J connectivity index is 2.02. The molecule has 90 valence electrons. The van der Waals surface area contributed by atoms with Crippen molar-refractivity contribution in [3.8, 4) is 0 Å². The third kappa shape index (κ3) is 3.43. The van der Waals surface area contributed by atoms with Crippen molar-refractivity contribution in [2.75, 3.05) is 0 Å². The van der Waals surface area contributed by atoms with Gasteiger partial charge in [-0.25, -0.2) is 4.98 Å². The Bertz CT molecular complexity index is 477. The van der Waals surface area contributed by atoms with Gasteiger partial charge in [-0.2, -0.15) is 0 Å². The largest absolute Gasteiger partial charge is 0.349 e. The zero-order valence-corrected chi connectivity index (χ0v) is 11.8. The Labute approximate surface area is 111 Å². The summed E-state index contributed by atoms with van der Waals surface area (Å²) in [5.74, 6) is 1.04. The summed E-state index contributed by atoms with van der Waals surface area (Å²) in [7, 11) is 0. The lowest BCUT2D eigenvalue weighted by molar-refractivity contribution is 0.809. The van der Waals surface area contributed by atoms with Crippen molar-refractivity contribution in [1.29, 1.82) is 0 Å². The van der Waals surface area contributed by atoms with Gasteiger partial charge in [0.05, 0.1) is 0 Å². The number of alkyl halides is 1. The molecule has 1 aromatic carbocycles. The predicted molar refractivity (Wildman–Crippen MR) is 74.6 cm³/mol. The van der Waals surface area contributed by atoms with Crippen molar-refractivity contribution in [1.82, 2.24) is 9.97 Å². The van der Waals surface area contributed by atoms with Gasteiger partial charge < -0.3 is 4.98 Å². The fraction of sp³-hybridized carbons (Fsp3) is 0.357. The lowest BCUT2D eigenvalue weighted by atomic mass is 10.0. The SMILES string of the molecule is Cc1ccc(C)c(CC(Br)Cc2ncc[nH]2)c1. The first kappa shape index (κ1) is 12.4. The molecule has 2 rings (SSSR count). The number of nitrogens with one attached hydrogen (secondary N) is 1. The van der Waals surface area contributed by atoms with Crippen LogP contribution in [0.5, 0.6) is 0 Å².